The Labute approximate surface area is 155 Å². The van der Waals surface area contributed by atoms with Crippen LogP contribution in [0.3, 0.4) is 0 Å². The number of nitrogens with two attached hydrogens (primary N) is 1. The van der Waals surface area contributed by atoms with Crippen molar-refractivity contribution in [2.45, 2.75) is 6.42 Å². The van der Waals surface area contributed by atoms with Gasteiger partial charge in [0.1, 0.15) is 0 Å². The van der Waals surface area contributed by atoms with Crippen LogP contribution in [-0.2, 0) is 6.42 Å². The summed E-state index contributed by atoms with van der Waals surface area (Å²) in [6, 6.07) is 16.8. The van der Waals surface area contributed by atoms with Crippen LogP contribution < -0.4 is 5.73 Å². The first kappa shape index (κ1) is 16.7. The number of anilines is 1. The lowest BCUT2D eigenvalue weighted by atomic mass is 9.93. The van der Waals surface area contributed by atoms with Crippen molar-refractivity contribution in [1.29, 1.82) is 0 Å². The van der Waals surface area contributed by atoms with E-state index >= 15 is 0 Å². The van der Waals surface area contributed by atoms with E-state index in [0.29, 0.717) is 27.9 Å². The number of rotatable bonds is 4. The van der Waals surface area contributed by atoms with Crippen molar-refractivity contribution in [1.82, 2.24) is 0 Å². The summed E-state index contributed by atoms with van der Waals surface area (Å²) in [5.74, 6) is -1.63. The van der Waals surface area contributed by atoms with Crippen LogP contribution in [0.5, 0.6) is 0 Å². The first-order valence-corrected chi connectivity index (χ1v) is 8.39. The largest absolute Gasteiger partial charge is 0.478 e. The van der Waals surface area contributed by atoms with E-state index in [4.69, 9.17) is 5.73 Å². The Kier molecular flexibility index (Phi) is 3.85. The van der Waals surface area contributed by atoms with Gasteiger partial charge in [0.05, 0.1) is 5.56 Å². The van der Waals surface area contributed by atoms with Gasteiger partial charge in [0.25, 0.3) is 0 Å². The molecule has 0 amide bonds. The van der Waals surface area contributed by atoms with Crippen molar-refractivity contribution in [2.24, 2.45) is 0 Å². The summed E-state index contributed by atoms with van der Waals surface area (Å²) in [4.78, 5) is 37.2. The number of hydrogen-bond acceptors (Lipinski definition) is 4. The maximum absolute atomic E-state index is 13.0. The number of nitrogen functional groups attached to an aromatic ring is 1. The highest BCUT2D eigenvalue weighted by atomic mass is 16.4. The number of carboxylic acids is 1. The smallest absolute Gasteiger partial charge is 0.336 e. The molecule has 0 unspecified atom stereocenters. The summed E-state index contributed by atoms with van der Waals surface area (Å²) in [6.07, 6.45) is -0.123. The summed E-state index contributed by atoms with van der Waals surface area (Å²) in [5, 5.41) is 9.37. The van der Waals surface area contributed by atoms with Gasteiger partial charge in [0, 0.05) is 28.8 Å². The van der Waals surface area contributed by atoms with Gasteiger partial charge in [-0.2, -0.15) is 0 Å². The summed E-state index contributed by atoms with van der Waals surface area (Å²) < 4.78 is 0. The molecule has 3 aromatic rings. The molecule has 0 fully saturated rings. The van der Waals surface area contributed by atoms with Gasteiger partial charge in [-0.15, -0.1) is 0 Å². The van der Waals surface area contributed by atoms with Gasteiger partial charge in [-0.1, -0.05) is 48.5 Å². The topological polar surface area (TPSA) is 97.5 Å². The number of benzene rings is 3. The van der Waals surface area contributed by atoms with Crippen molar-refractivity contribution in [3.8, 4) is 11.1 Å². The van der Waals surface area contributed by atoms with Crippen LogP contribution in [0.25, 0.3) is 11.1 Å². The Morgan fingerprint density at radius 1 is 0.852 bits per heavy atom. The third-order valence-electron chi connectivity index (χ3n) is 4.77. The fourth-order valence-electron chi connectivity index (χ4n) is 3.52. The molecule has 0 heterocycles. The van der Waals surface area contributed by atoms with E-state index < -0.39 is 5.97 Å². The Bertz CT molecular complexity index is 1130. The lowest BCUT2D eigenvalue weighted by molar-refractivity contribution is 0.0695. The second-order valence-electron chi connectivity index (χ2n) is 6.42. The zero-order valence-electron chi connectivity index (χ0n) is 14.2. The number of Topliss-reactive ketones (excluding diaryl/α,β-unsaturated/α-hetero) is 1. The van der Waals surface area contributed by atoms with E-state index in [2.05, 4.69) is 0 Å². The number of carbonyl (C=O) groups excluding carboxylic acids is 2. The van der Waals surface area contributed by atoms with E-state index in [1.54, 1.807) is 30.3 Å². The molecule has 5 heteroatoms. The van der Waals surface area contributed by atoms with E-state index in [0.717, 1.165) is 11.1 Å². The van der Waals surface area contributed by atoms with Crippen molar-refractivity contribution >= 4 is 23.2 Å². The molecular formula is C22H15NO4. The third kappa shape index (κ3) is 2.69. The average Bonchev–Trinajstić information content (AvgIpc) is 2.96. The molecule has 0 bridgehead atoms. The number of carboxylic acid groups (broad SMARTS) is 1. The molecule has 1 aliphatic carbocycles. The third-order valence-corrected chi connectivity index (χ3v) is 4.77. The predicted octanol–water partition coefficient (Wildman–Crippen LogP) is 3.60. The van der Waals surface area contributed by atoms with Gasteiger partial charge in [-0.25, -0.2) is 4.79 Å². The summed E-state index contributed by atoms with van der Waals surface area (Å²) in [7, 11) is 0. The molecule has 3 N–H and O–H groups in total. The van der Waals surface area contributed by atoms with E-state index in [9.17, 15) is 19.5 Å². The number of carbonyl (C=O) groups is 3. The zero-order valence-corrected chi connectivity index (χ0v) is 14.2. The lowest BCUT2D eigenvalue weighted by Gasteiger charge is -2.09. The van der Waals surface area contributed by atoms with E-state index in [-0.39, 0.29) is 23.6 Å². The summed E-state index contributed by atoms with van der Waals surface area (Å²) >= 11 is 0. The van der Waals surface area contributed by atoms with E-state index in [1.165, 1.54) is 12.1 Å². The van der Waals surface area contributed by atoms with Crippen LogP contribution >= 0.6 is 0 Å². The minimum Gasteiger partial charge on any atom is -0.478 e. The highest BCUT2D eigenvalue weighted by Crippen LogP contribution is 2.38. The maximum atomic E-state index is 13.0. The predicted molar refractivity (Wildman–Crippen MR) is 101 cm³/mol. The van der Waals surface area contributed by atoms with Gasteiger partial charge in [0.2, 0.25) is 0 Å². The minimum absolute atomic E-state index is 0.00876. The fourth-order valence-corrected chi connectivity index (χ4v) is 3.52. The number of ketones is 2. The van der Waals surface area contributed by atoms with Crippen LogP contribution in [0.2, 0.25) is 0 Å². The SMILES string of the molecule is Nc1ccc(CC(=O)c2cccc3c2C(=O)c2ccccc2-3)c(C(=O)O)c1. The second kappa shape index (κ2) is 6.21. The Balaban J connectivity index is 1.76. The average molecular weight is 357 g/mol. The molecule has 0 aromatic heterocycles. The first-order chi connectivity index (χ1) is 13.0. The number of hydrogen-bond donors (Lipinski definition) is 2. The number of fused-ring (bicyclic) bond motifs is 3. The van der Waals surface area contributed by atoms with Crippen molar-refractivity contribution in [3.05, 3.63) is 88.5 Å². The quantitative estimate of drug-likeness (QED) is 0.429. The molecule has 0 saturated carbocycles. The molecule has 132 valence electrons. The Morgan fingerprint density at radius 2 is 1.56 bits per heavy atom. The normalized spacial score (nSPS) is 11.8. The molecule has 1 aliphatic rings. The molecule has 3 aromatic carbocycles. The standard InChI is InChI=1S/C22H15NO4/c23-13-9-8-12(18(11-13)22(26)27)10-19(24)17-7-3-6-15-14-4-1-2-5-16(14)21(25)20(15)17/h1-9,11H,10,23H2,(H,26,27). The van der Waals surface area contributed by atoms with Crippen LogP contribution in [0.15, 0.2) is 60.7 Å². The van der Waals surface area contributed by atoms with Gasteiger partial charge >= 0.3 is 5.97 Å². The molecule has 27 heavy (non-hydrogen) atoms. The van der Waals surface area contributed by atoms with Crippen LogP contribution in [0, 0.1) is 0 Å². The van der Waals surface area contributed by atoms with Crippen molar-refractivity contribution in [3.63, 3.8) is 0 Å². The maximum Gasteiger partial charge on any atom is 0.336 e. The Hall–Kier alpha value is -3.73. The molecular weight excluding hydrogens is 342 g/mol. The van der Waals surface area contributed by atoms with Crippen molar-refractivity contribution < 1.29 is 19.5 Å². The number of aromatic carboxylic acids is 1. The Morgan fingerprint density at radius 3 is 2.30 bits per heavy atom. The highest BCUT2D eigenvalue weighted by molar-refractivity contribution is 6.26. The van der Waals surface area contributed by atoms with Gasteiger partial charge in [0.15, 0.2) is 11.6 Å². The molecule has 5 nitrogen and oxygen atoms in total. The second-order valence-corrected chi connectivity index (χ2v) is 6.42. The van der Waals surface area contributed by atoms with Gasteiger partial charge in [-0.3, -0.25) is 9.59 Å². The monoisotopic (exact) mass is 357 g/mol. The van der Waals surface area contributed by atoms with Crippen molar-refractivity contribution in [2.75, 3.05) is 5.73 Å². The molecule has 0 spiro atoms. The fraction of sp³-hybridized carbons (Fsp3) is 0.0455. The minimum atomic E-state index is -1.15. The van der Waals surface area contributed by atoms with E-state index in [1.807, 2.05) is 18.2 Å². The van der Waals surface area contributed by atoms with Gasteiger partial charge < -0.3 is 10.8 Å². The van der Waals surface area contributed by atoms with Crippen LogP contribution in [0.1, 0.15) is 42.2 Å². The lowest BCUT2D eigenvalue weighted by Crippen LogP contribution is -2.13. The molecule has 4 rings (SSSR count). The first-order valence-electron chi connectivity index (χ1n) is 8.39. The van der Waals surface area contributed by atoms with Crippen LogP contribution in [-0.4, -0.2) is 22.6 Å². The summed E-state index contributed by atoms with van der Waals surface area (Å²) in [6.45, 7) is 0. The molecule has 0 radical (unpaired) electrons. The van der Waals surface area contributed by atoms with Crippen LogP contribution in [0.4, 0.5) is 5.69 Å². The molecule has 0 saturated heterocycles. The zero-order chi connectivity index (χ0) is 19.1. The highest BCUT2D eigenvalue weighted by Gasteiger charge is 2.30. The summed E-state index contributed by atoms with van der Waals surface area (Å²) in [5.41, 5.74) is 9.14. The van der Waals surface area contributed by atoms with Gasteiger partial charge in [-0.05, 0) is 28.8 Å². The molecule has 0 atom stereocenters. The molecule has 0 aliphatic heterocycles.